The van der Waals surface area contributed by atoms with Gasteiger partial charge in [-0.05, 0) is 93.2 Å². The molecule has 37 heavy (non-hydrogen) atoms. The summed E-state index contributed by atoms with van der Waals surface area (Å²) in [5.74, 6) is 1.50. The highest BCUT2D eigenvalue weighted by Crippen LogP contribution is 2.31. The van der Waals surface area contributed by atoms with Gasteiger partial charge in [-0.2, -0.15) is 0 Å². The molecule has 8 heteroatoms. The van der Waals surface area contributed by atoms with Gasteiger partial charge >= 0.3 is 0 Å². The highest BCUT2D eigenvalue weighted by atomic mass is 31.1. The fraction of sp³-hybridized carbons (Fsp3) is 0.448. The number of hydrogen-bond acceptors (Lipinski definition) is 7. The summed E-state index contributed by atoms with van der Waals surface area (Å²) in [7, 11) is 1.10. The molecule has 7 rings (SSSR count). The molecule has 4 aliphatic rings. The van der Waals surface area contributed by atoms with Gasteiger partial charge in [0.25, 0.3) is 0 Å². The molecular formula is C29H37N6OP. The molecule has 1 aromatic heterocycles. The first kappa shape index (κ1) is 24.6. The first-order chi connectivity index (χ1) is 18.3. The number of aromatic nitrogens is 2. The number of nitrogens with one attached hydrogen (secondary N) is 2. The van der Waals surface area contributed by atoms with E-state index in [4.69, 9.17) is 9.72 Å². The Balaban J connectivity index is 1.32. The zero-order chi connectivity index (χ0) is 24.9. The third-order valence-electron chi connectivity index (χ3n) is 7.58. The lowest BCUT2D eigenvalue weighted by Gasteiger charge is -2.35. The van der Waals surface area contributed by atoms with Crippen molar-refractivity contribution in [1.82, 2.24) is 20.2 Å². The van der Waals surface area contributed by atoms with Crippen LogP contribution < -0.4 is 20.3 Å². The van der Waals surface area contributed by atoms with Gasteiger partial charge in [-0.1, -0.05) is 12.1 Å². The minimum atomic E-state index is 0.600. The predicted octanol–water partition coefficient (Wildman–Crippen LogP) is 4.72. The Morgan fingerprint density at radius 1 is 0.973 bits per heavy atom. The van der Waals surface area contributed by atoms with E-state index in [-0.39, 0.29) is 0 Å². The quantitative estimate of drug-likeness (QED) is 0.454. The second kappa shape index (κ2) is 11.8. The van der Waals surface area contributed by atoms with Crippen LogP contribution in [0.2, 0.25) is 0 Å². The number of hydrogen-bond donors (Lipinski definition) is 2. The van der Waals surface area contributed by atoms with E-state index in [1.807, 2.05) is 24.4 Å². The Labute approximate surface area is 221 Å². The highest BCUT2D eigenvalue weighted by molar-refractivity contribution is 7.38. The molecular weight excluding hydrogens is 479 g/mol. The molecule has 0 radical (unpaired) electrons. The average molecular weight is 517 g/mol. The smallest absolute Gasteiger partial charge is 0.227 e. The van der Waals surface area contributed by atoms with Gasteiger partial charge in [-0.25, -0.2) is 9.97 Å². The number of benzene rings is 2. The van der Waals surface area contributed by atoms with Crippen molar-refractivity contribution in [2.75, 3.05) is 61.9 Å². The maximum absolute atomic E-state index is 6.06. The number of rotatable bonds is 1. The van der Waals surface area contributed by atoms with Crippen LogP contribution in [-0.2, 0) is 6.54 Å². The van der Waals surface area contributed by atoms with E-state index in [2.05, 4.69) is 55.7 Å². The Bertz CT molecular complexity index is 1190. The minimum Gasteiger partial charge on any atom is -0.494 e. The van der Waals surface area contributed by atoms with Crippen molar-refractivity contribution < 1.29 is 4.74 Å². The maximum Gasteiger partial charge on any atom is 0.227 e. The van der Waals surface area contributed by atoms with Crippen LogP contribution >= 0.6 is 8.58 Å². The molecule has 0 atom stereocenters. The first-order valence-corrected chi connectivity index (χ1v) is 15.1. The molecule has 8 bridgehead atoms. The van der Waals surface area contributed by atoms with Crippen LogP contribution in [0.25, 0.3) is 11.3 Å². The molecule has 0 unspecified atom stereocenters. The van der Waals surface area contributed by atoms with Gasteiger partial charge < -0.3 is 20.3 Å². The fourth-order valence-corrected chi connectivity index (χ4v) is 6.67. The van der Waals surface area contributed by atoms with Crippen LogP contribution in [0.4, 0.5) is 17.3 Å². The molecule has 194 valence electrons. The lowest BCUT2D eigenvalue weighted by molar-refractivity contribution is 0.189. The molecule has 4 aliphatic heterocycles. The van der Waals surface area contributed by atoms with E-state index in [0.717, 1.165) is 77.0 Å². The molecule has 0 spiro atoms. The van der Waals surface area contributed by atoms with Gasteiger partial charge in [0.15, 0.2) is 0 Å². The molecule has 2 aromatic carbocycles. The summed E-state index contributed by atoms with van der Waals surface area (Å²) in [6, 6.07) is 17.6. The van der Waals surface area contributed by atoms with Crippen LogP contribution in [0, 0.1) is 0 Å². The van der Waals surface area contributed by atoms with E-state index in [9.17, 15) is 0 Å². The summed E-state index contributed by atoms with van der Waals surface area (Å²) >= 11 is 0. The predicted molar refractivity (Wildman–Crippen MR) is 154 cm³/mol. The molecule has 2 N–H and O–H groups in total. The van der Waals surface area contributed by atoms with Gasteiger partial charge in [-0.3, -0.25) is 4.90 Å². The molecule has 7 nitrogen and oxygen atoms in total. The molecule has 2 saturated heterocycles. The minimum absolute atomic E-state index is 0.600. The van der Waals surface area contributed by atoms with E-state index in [1.165, 1.54) is 36.4 Å². The average Bonchev–Trinajstić information content (AvgIpc) is 2.94. The van der Waals surface area contributed by atoms with Crippen molar-refractivity contribution in [1.29, 1.82) is 0 Å². The molecule has 0 aliphatic carbocycles. The van der Waals surface area contributed by atoms with Crippen molar-refractivity contribution in [3.63, 3.8) is 0 Å². The number of piperidine rings is 1. The number of fused-ring (bicyclic) bond motifs is 6. The molecule has 0 saturated carbocycles. The van der Waals surface area contributed by atoms with E-state index in [1.54, 1.807) is 0 Å². The fourth-order valence-electron chi connectivity index (χ4n) is 5.56. The summed E-state index contributed by atoms with van der Waals surface area (Å²) in [6.07, 6.45) is 7.83. The third kappa shape index (κ3) is 6.23. The van der Waals surface area contributed by atoms with Gasteiger partial charge in [0.1, 0.15) is 5.75 Å². The monoisotopic (exact) mass is 516 g/mol. The third-order valence-corrected chi connectivity index (χ3v) is 8.74. The summed E-state index contributed by atoms with van der Waals surface area (Å²) in [5.41, 5.74) is 5.75. The van der Waals surface area contributed by atoms with Crippen LogP contribution in [0.1, 0.15) is 24.8 Å². The van der Waals surface area contributed by atoms with E-state index >= 15 is 0 Å². The zero-order valence-electron chi connectivity index (χ0n) is 21.5. The van der Waals surface area contributed by atoms with Gasteiger partial charge in [-0.15, -0.1) is 8.58 Å². The van der Waals surface area contributed by atoms with E-state index < -0.39 is 0 Å². The number of nitrogens with zero attached hydrogens (tertiary/aromatic N) is 4. The van der Waals surface area contributed by atoms with Crippen molar-refractivity contribution in [3.05, 3.63) is 60.3 Å². The normalized spacial score (nSPS) is 22.5. The zero-order valence-corrected chi connectivity index (χ0v) is 22.5. The topological polar surface area (TPSA) is 65.6 Å². The molecule has 2 fully saturated rings. The Morgan fingerprint density at radius 3 is 2.76 bits per heavy atom. The Kier molecular flexibility index (Phi) is 7.82. The molecule has 0 amide bonds. The molecule has 3 aromatic rings. The van der Waals surface area contributed by atoms with Crippen molar-refractivity contribution in [2.45, 2.75) is 31.8 Å². The number of ether oxygens (including phenoxy) is 1. The van der Waals surface area contributed by atoms with Gasteiger partial charge in [0.05, 0.1) is 12.3 Å². The van der Waals surface area contributed by atoms with Crippen molar-refractivity contribution in [3.8, 4) is 17.0 Å². The van der Waals surface area contributed by atoms with Gasteiger partial charge in [0.2, 0.25) is 5.95 Å². The molecule has 5 heterocycles. The Hall–Kier alpha value is -2.73. The Morgan fingerprint density at radius 2 is 1.86 bits per heavy atom. The van der Waals surface area contributed by atoms with Crippen molar-refractivity contribution >= 4 is 25.9 Å². The lowest BCUT2D eigenvalue weighted by Crippen LogP contribution is -2.42. The second-order valence-corrected chi connectivity index (χ2v) is 11.7. The largest absolute Gasteiger partial charge is 0.494 e. The SMILES string of the molecule is c1cc2cc(c1)-c1ccnc(n1)Nc1ccc(N3CCPCC3)c(c1)CN1CCC(CC1)NCCCO2. The second-order valence-electron chi connectivity index (χ2n) is 10.2. The van der Waals surface area contributed by atoms with E-state index in [0.29, 0.717) is 18.6 Å². The van der Waals surface area contributed by atoms with Crippen molar-refractivity contribution in [2.24, 2.45) is 0 Å². The first-order valence-electron chi connectivity index (χ1n) is 13.7. The van der Waals surface area contributed by atoms with Crippen LogP contribution in [0.15, 0.2) is 54.7 Å². The highest BCUT2D eigenvalue weighted by Gasteiger charge is 2.22. The summed E-state index contributed by atoms with van der Waals surface area (Å²) < 4.78 is 6.06. The van der Waals surface area contributed by atoms with Gasteiger partial charge in [0, 0.05) is 48.8 Å². The standard InChI is InChI=1S/C29H37N6OP/c1-3-22-20-26(4-1)36-16-2-10-30-24-8-12-34(13-9-24)21-23-19-25(32-29-31-11-7-27(22)33-29)5-6-28(23)35-14-17-37-18-15-35/h1,3-7,11,19-20,24,30,37H,2,8-10,12-18,21H2,(H,31,32,33). The summed E-state index contributed by atoms with van der Waals surface area (Å²) in [4.78, 5) is 14.6. The number of anilines is 3. The van der Waals surface area contributed by atoms with Crippen LogP contribution in [-0.4, -0.2) is 72.6 Å². The van der Waals surface area contributed by atoms with Crippen LogP contribution in [0.3, 0.4) is 0 Å². The lowest BCUT2D eigenvalue weighted by atomic mass is 10.0. The summed E-state index contributed by atoms with van der Waals surface area (Å²) in [5, 5.41) is 7.26. The van der Waals surface area contributed by atoms with Crippen LogP contribution in [0.5, 0.6) is 5.75 Å². The maximum atomic E-state index is 6.06. The summed E-state index contributed by atoms with van der Waals surface area (Å²) in [6.45, 7) is 7.27.